The minimum absolute atomic E-state index is 0.0450. The second-order valence-electron chi connectivity index (χ2n) is 4.92. The maximum atomic E-state index is 12.2. The number of ether oxygens (including phenoxy) is 1. The van der Waals surface area contributed by atoms with Crippen molar-refractivity contribution < 1.29 is 17.9 Å². The summed E-state index contributed by atoms with van der Waals surface area (Å²) in [6, 6.07) is 6.02. The first kappa shape index (κ1) is 16.7. The SMILES string of the molecule is COC(=O)c1ccccc1S(=O)(=O)NCCCC(C)C. The summed E-state index contributed by atoms with van der Waals surface area (Å²) in [6.45, 7) is 4.53. The van der Waals surface area contributed by atoms with Crippen molar-refractivity contribution in [3.63, 3.8) is 0 Å². The van der Waals surface area contributed by atoms with Crippen molar-refractivity contribution in [2.75, 3.05) is 13.7 Å². The van der Waals surface area contributed by atoms with Crippen molar-refractivity contribution in [2.45, 2.75) is 31.6 Å². The first-order valence-corrected chi connectivity index (χ1v) is 8.04. The number of carbonyl (C=O) groups excluding carboxylic acids is 1. The lowest BCUT2D eigenvalue weighted by Gasteiger charge is -2.10. The number of benzene rings is 1. The lowest BCUT2D eigenvalue weighted by molar-refractivity contribution is 0.0596. The zero-order valence-electron chi connectivity index (χ0n) is 12.0. The minimum atomic E-state index is -3.69. The summed E-state index contributed by atoms with van der Waals surface area (Å²) in [5, 5.41) is 0. The van der Waals surface area contributed by atoms with Gasteiger partial charge in [-0.3, -0.25) is 0 Å². The van der Waals surface area contributed by atoms with Gasteiger partial charge in [0.1, 0.15) is 0 Å². The molecule has 0 atom stereocenters. The molecule has 0 aliphatic carbocycles. The zero-order valence-corrected chi connectivity index (χ0v) is 12.9. The van der Waals surface area contributed by atoms with Crippen LogP contribution in [0.15, 0.2) is 29.2 Å². The molecule has 5 nitrogen and oxygen atoms in total. The van der Waals surface area contributed by atoms with E-state index in [1.165, 1.54) is 19.2 Å². The molecule has 112 valence electrons. The Hall–Kier alpha value is -1.40. The highest BCUT2D eigenvalue weighted by Crippen LogP contribution is 2.16. The maximum absolute atomic E-state index is 12.2. The van der Waals surface area contributed by atoms with E-state index in [0.29, 0.717) is 12.5 Å². The molecule has 0 bridgehead atoms. The molecule has 0 aromatic heterocycles. The van der Waals surface area contributed by atoms with E-state index in [-0.39, 0.29) is 10.5 Å². The Morgan fingerprint density at radius 2 is 1.95 bits per heavy atom. The summed E-state index contributed by atoms with van der Waals surface area (Å²) >= 11 is 0. The molecule has 0 fully saturated rings. The molecule has 0 saturated heterocycles. The van der Waals surface area contributed by atoms with E-state index in [2.05, 4.69) is 23.3 Å². The van der Waals surface area contributed by atoms with Crippen LogP contribution >= 0.6 is 0 Å². The smallest absolute Gasteiger partial charge is 0.339 e. The molecular formula is C14H21NO4S. The molecule has 20 heavy (non-hydrogen) atoms. The van der Waals surface area contributed by atoms with Gasteiger partial charge in [-0.25, -0.2) is 17.9 Å². The number of rotatable bonds is 7. The summed E-state index contributed by atoms with van der Waals surface area (Å²) in [5.41, 5.74) is 0.0476. The standard InChI is InChI=1S/C14H21NO4S/c1-11(2)7-6-10-15-20(17,18)13-9-5-4-8-12(13)14(16)19-3/h4-5,8-9,11,15H,6-7,10H2,1-3H3. The molecule has 6 heteroatoms. The minimum Gasteiger partial charge on any atom is -0.465 e. The number of methoxy groups -OCH3 is 1. The second kappa shape index (κ2) is 7.40. The van der Waals surface area contributed by atoms with Crippen molar-refractivity contribution in [3.8, 4) is 0 Å². The molecule has 0 unspecified atom stereocenters. The fourth-order valence-corrected chi connectivity index (χ4v) is 3.04. The second-order valence-corrected chi connectivity index (χ2v) is 6.66. The van der Waals surface area contributed by atoms with Gasteiger partial charge in [-0.1, -0.05) is 26.0 Å². The molecule has 1 aromatic carbocycles. The predicted octanol–water partition coefficient (Wildman–Crippen LogP) is 2.19. The number of nitrogens with one attached hydrogen (secondary N) is 1. The van der Waals surface area contributed by atoms with Crippen LogP contribution in [0.1, 0.15) is 37.0 Å². The Labute approximate surface area is 120 Å². The summed E-state index contributed by atoms with van der Waals surface area (Å²) in [5.74, 6) is -0.130. The molecule has 0 aliphatic heterocycles. The third-order valence-corrected chi connectivity index (χ3v) is 4.35. The van der Waals surface area contributed by atoms with E-state index in [4.69, 9.17) is 0 Å². The predicted molar refractivity (Wildman–Crippen MR) is 77.0 cm³/mol. The van der Waals surface area contributed by atoms with Crippen molar-refractivity contribution in [3.05, 3.63) is 29.8 Å². The highest BCUT2D eigenvalue weighted by atomic mass is 32.2. The van der Waals surface area contributed by atoms with Crippen molar-refractivity contribution in [2.24, 2.45) is 5.92 Å². The van der Waals surface area contributed by atoms with Crippen molar-refractivity contribution in [1.29, 1.82) is 0 Å². The van der Waals surface area contributed by atoms with Gasteiger partial charge in [-0.2, -0.15) is 0 Å². The Balaban J connectivity index is 2.85. The lowest BCUT2D eigenvalue weighted by Crippen LogP contribution is -2.26. The fraction of sp³-hybridized carbons (Fsp3) is 0.500. The number of sulfonamides is 1. The van der Waals surface area contributed by atoms with E-state index in [9.17, 15) is 13.2 Å². The fourth-order valence-electron chi connectivity index (χ4n) is 1.77. The van der Waals surface area contributed by atoms with Gasteiger partial charge in [0, 0.05) is 6.54 Å². The third kappa shape index (κ3) is 4.61. The van der Waals surface area contributed by atoms with Crippen LogP contribution in [0, 0.1) is 5.92 Å². The first-order valence-electron chi connectivity index (χ1n) is 6.55. The number of carbonyl (C=O) groups is 1. The van der Waals surface area contributed by atoms with Crippen LogP contribution in [0.2, 0.25) is 0 Å². The third-order valence-electron chi connectivity index (χ3n) is 2.83. The van der Waals surface area contributed by atoms with Gasteiger partial charge in [0.05, 0.1) is 17.6 Å². The van der Waals surface area contributed by atoms with Crippen LogP contribution in [0.5, 0.6) is 0 Å². The largest absolute Gasteiger partial charge is 0.465 e. The molecule has 0 saturated carbocycles. The quantitative estimate of drug-likeness (QED) is 0.619. The van der Waals surface area contributed by atoms with Crippen LogP contribution in [-0.2, 0) is 14.8 Å². The van der Waals surface area contributed by atoms with Gasteiger partial charge in [0.2, 0.25) is 10.0 Å². The molecule has 0 spiro atoms. The highest BCUT2D eigenvalue weighted by Gasteiger charge is 2.21. The molecule has 0 heterocycles. The normalized spacial score (nSPS) is 11.6. The monoisotopic (exact) mass is 299 g/mol. The molecule has 1 N–H and O–H groups in total. The molecule has 0 aliphatic rings. The Kier molecular flexibility index (Phi) is 6.16. The van der Waals surface area contributed by atoms with Gasteiger partial charge in [-0.15, -0.1) is 0 Å². The Morgan fingerprint density at radius 3 is 2.55 bits per heavy atom. The van der Waals surface area contributed by atoms with Crippen LogP contribution in [-0.4, -0.2) is 28.0 Å². The molecule has 1 rings (SSSR count). The molecular weight excluding hydrogens is 278 g/mol. The molecule has 0 radical (unpaired) electrons. The van der Waals surface area contributed by atoms with Crippen LogP contribution < -0.4 is 4.72 Å². The number of hydrogen-bond donors (Lipinski definition) is 1. The average molecular weight is 299 g/mol. The van der Waals surface area contributed by atoms with E-state index in [0.717, 1.165) is 12.8 Å². The topological polar surface area (TPSA) is 72.5 Å². The summed E-state index contributed by atoms with van der Waals surface area (Å²) in [4.78, 5) is 11.5. The van der Waals surface area contributed by atoms with E-state index < -0.39 is 16.0 Å². The number of esters is 1. The molecule has 0 amide bonds. The average Bonchev–Trinajstić information content (AvgIpc) is 2.42. The van der Waals surface area contributed by atoms with Crippen LogP contribution in [0.3, 0.4) is 0 Å². The Morgan fingerprint density at radius 1 is 1.30 bits per heavy atom. The Bertz CT molecular complexity index is 552. The maximum Gasteiger partial charge on any atom is 0.339 e. The summed E-state index contributed by atoms with van der Waals surface area (Å²) < 4.78 is 31.5. The van der Waals surface area contributed by atoms with E-state index >= 15 is 0 Å². The first-order chi connectivity index (χ1) is 9.38. The van der Waals surface area contributed by atoms with Gasteiger partial charge in [0.25, 0.3) is 0 Å². The van der Waals surface area contributed by atoms with Crippen molar-refractivity contribution in [1.82, 2.24) is 4.72 Å². The van der Waals surface area contributed by atoms with E-state index in [1.54, 1.807) is 12.1 Å². The highest BCUT2D eigenvalue weighted by molar-refractivity contribution is 7.89. The van der Waals surface area contributed by atoms with Gasteiger partial charge >= 0.3 is 5.97 Å². The summed E-state index contributed by atoms with van der Waals surface area (Å²) in [7, 11) is -2.47. The van der Waals surface area contributed by atoms with Crippen LogP contribution in [0.4, 0.5) is 0 Å². The van der Waals surface area contributed by atoms with Gasteiger partial charge in [0.15, 0.2) is 0 Å². The van der Waals surface area contributed by atoms with Gasteiger partial charge in [-0.05, 0) is 30.9 Å². The lowest BCUT2D eigenvalue weighted by atomic mass is 10.1. The zero-order chi connectivity index (χ0) is 15.2. The summed E-state index contributed by atoms with van der Waals surface area (Å²) in [6.07, 6.45) is 1.71. The van der Waals surface area contributed by atoms with Gasteiger partial charge < -0.3 is 4.74 Å². The van der Waals surface area contributed by atoms with E-state index in [1.807, 2.05) is 0 Å². The molecule has 1 aromatic rings. The van der Waals surface area contributed by atoms with Crippen molar-refractivity contribution >= 4 is 16.0 Å². The van der Waals surface area contributed by atoms with Crippen LogP contribution in [0.25, 0.3) is 0 Å². The number of hydrogen-bond acceptors (Lipinski definition) is 4.